The summed E-state index contributed by atoms with van der Waals surface area (Å²) >= 11 is 0. The fraction of sp³-hybridized carbons (Fsp3) is 0.591. The lowest BCUT2D eigenvalue weighted by molar-refractivity contribution is -0.138. The van der Waals surface area contributed by atoms with Crippen molar-refractivity contribution < 1.29 is 9.18 Å². The second-order valence-electron chi connectivity index (χ2n) is 8.67. The number of hydrogen-bond acceptors (Lipinski definition) is 4. The first-order valence-electron chi connectivity index (χ1n) is 10.9. The third-order valence-electron chi connectivity index (χ3n) is 7.06. The van der Waals surface area contributed by atoms with Crippen molar-refractivity contribution >= 4 is 18.3 Å². The van der Waals surface area contributed by atoms with Crippen LogP contribution in [0.3, 0.4) is 0 Å². The summed E-state index contributed by atoms with van der Waals surface area (Å²) in [4.78, 5) is 15.7. The highest BCUT2D eigenvalue weighted by Gasteiger charge is 2.45. The Balaban J connectivity index is 0.00000218. The van der Waals surface area contributed by atoms with Crippen molar-refractivity contribution in [1.82, 2.24) is 25.0 Å². The highest BCUT2D eigenvalue weighted by molar-refractivity contribution is 5.88. The number of nitrogens with one attached hydrogen (secondary N) is 1. The van der Waals surface area contributed by atoms with Gasteiger partial charge in [-0.3, -0.25) is 4.79 Å². The number of carbonyl (C=O) groups excluding carboxylic acids is 1. The number of halogens is 2. The molecule has 3 heterocycles. The second kappa shape index (κ2) is 8.63. The molecule has 162 valence electrons. The number of piperidine rings is 1. The van der Waals surface area contributed by atoms with Crippen LogP contribution in [0.5, 0.6) is 0 Å². The van der Waals surface area contributed by atoms with Crippen LogP contribution in [0.25, 0.3) is 0 Å². The number of aromatic nitrogens is 3. The second-order valence-corrected chi connectivity index (χ2v) is 8.67. The van der Waals surface area contributed by atoms with Crippen molar-refractivity contribution in [3.63, 3.8) is 0 Å². The lowest BCUT2D eigenvalue weighted by Crippen LogP contribution is -2.48. The van der Waals surface area contributed by atoms with Crippen molar-refractivity contribution in [3.05, 3.63) is 47.3 Å². The molecule has 0 spiro atoms. The van der Waals surface area contributed by atoms with E-state index in [1.165, 1.54) is 12.1 Å². The van der Waals surface area contributed by atoms with Gasteiger partial charge in [-0.1, -0.05) is 25.0 Å². The number of fused-ring (bicyclic) bond motifs is 1. The smallest absolute Gasteiger partial charge is 0.233 e. The minimum absolute atomic E-state index is 0. The van der Waals surface area contributed by atoms with E-state index in [4.69, 9.17) is 0 Å². The molecular formula is C22H29ClFN5O. The summed E-state index contributed by atoms with van der Waals surface area (Å²) in [7, 11) is 0. The van der Waals surface area contributed by atoms with Crippen LogP contribution < -0.4 is 5.32 Å². The van der Waals surface area contributed by atoms with Gasteiger partial charge in [-0.25, -0.2) is 4.39 Å². The molecule has 2 aliphatic heterocycles. The summed E-state index contributed by atoms with van der Waals surface area (Å²) in [5.74, 6) is 2.45. The molecule has 1 saturated heterocycles. The lowest BCUT2D eigenvalue weighted by Gasteiger charge is -2.38. The average Bonchev–Trinajstić information content (AvgIpc) is 3.42. The Labute approximate surface area is 182 Å². The van der Waals surface area contributed by atoms with Crippen LogP contribution >= 0.6 is 12.4 Å². The Hall–Kier alpha value is -1.99. The summed E-state index contributed by atoms with van der Waals surface area (Å²) < 4.78 is 15.7. The quantitative estimate of drug-likeness (QED) is 0.807. The van der Waals surface area contributed by atoms with E-state index in [2.05, 4.69) is 20.1 Å². The van der Waals surface area contributed by atoms with Crippen LogP contribution in [0.4, 0.5) is 4.39 Å². The van der Waals surface area contributed by atoms with Crippen LogP contribution in [0.15, 0.2) is 24.3 Å². The molecule has 1 aromatic heterocycles. The van der Waals surface area contributed by atoms with Gasteiger partial charge in [0, 0.05) is 32.1 Å². The maximum atomic E-state index is 13.6. The van der Waals surface area contributed by atoms with E-state index < -0.39 is 5.41 Å². The molecule has 30 heavy (non-hydrogen) atoms. The number of carbonyl (C=O) groups is 1. The predicted molar refractivity (Wildman–Crippen MR) is 114 cm³/mol. The zero-order valence-electron chi connectivity index (χ0n) is 17.1. The number of benzene rings is 1. The van der Waals surface area contributed by atoms with Crippen LogP contribution in [0.2, 0.25) is 0 Å². The number of nitrogens with zero attached hydrogens (tertiary/aromatic N) is 4. The summed E-state index contributed by atoms with van der Waals surface area (Å²) in [5, 5.41) is 12.2. The molecule has 0 atom stereocenters. The van der Waals surface area contributed by atoms with Crippen LogP contribution in [0.1, 0.15) is 61.7 Å². The fourth-order valence-corrected chi connectivity index (χ4v) is 5.43. The SMILES string of the molecule is Cl.O=C(N1CCC(c2nnc3n2CCNC3)CC1)C1(c2ccc(F)cc2)CCCC1. The van der Waals surface area contributed by atoms with E-state index in [9.17, 15) is 9.18 Å². The minimum Gasteiger partial charge on any atom is -0.342 e. The molecule has 2 aromatic rings. The first-order valence-corrected chi connectivity index (χ1v) is 10.9. The van der Waals surface area contributed by atoms with E-state index in [-0.39, 0.29) is 24.1 Å². The molecule has 5 rings (SSSR count). The van der Waals surface area contributed by atoms with Crippen molar-refractivity contribution in [1.29, 1.82) is 0 Å². The Morgan fingerprint density at radius 2 is 1.77 bits per heavy atom. The Morgan fingerprint density at radius 1 is 1.07 bits per heavy atom. The number of hydrogen-bond donors (Lipinski definition) is 1. The van der Waals surface area contributed by atoms with Gasteiger partial charge in [0.2, 0.25) is 5.91 Å². The van der Waals surface area contributed by atoms with Crippen LogP contribution in [-0.2, 0) is 23.3 Å². The van der Waals surface area contributed by atoms with E-state index in [1.54, 1.807) is 0 Å². The van der Waals surface area contributed by atoms with Gasteiger partial charge in [-0.05, 0) is 43.4 Å². The summed E-state index contributed by atoms with van der Waals surface area (Å²) in [6.07, 6.45) is 5.69. The van der Waals surface area contributed by atoms with Crippen molar-refractivity contribution in [2.45, 2.75) is 62.9 Å². The van der Waals surface area contributed by atoms with Gasteiger partial charge in [-0.15, -0.1) is 22.6 Å². The zero-order chi connectivity index (χ0) is 19.8. The molecule has 0 radical (unpaired) electrons. The molecule has 1 N–H and O–H groups in total. The topological polar surface area (TPSA) is 63.1 Å². The summed E-state index contributed by atoms with van der Waals surface area (Å²) in [6, 6.07) is 6.58. The summed E-state index contributed by atoms with van der Waals surface area (Å²) in [6.45, 7) is 4.17. The van der Waals surface area contributed by atoms with Crippen LogP contribution in [0, 0.1) is 5.82 Å². The zero-order valence-corrected chi connectivity index (χ0v) is 18.0. The Morgan fingerprint density at radius 3 is 2.47 bits per heavy atom. The molecule has 6 nitrogen and oxygen atoms in total. The average molecular weight is 434 g/mol. The molecule has 3 aliphatic rings. The number of rotatable bonds is 3. The van der Waals surface area contributed by atoms with Crippen molar-refractivity contribution in [3.8, 4) is 0 Å². The largest absolute Gasteiger partial charge is 0.342 e. The van der Waals surface area contributed by atoms with Crippen LogP contribution in [-0.4, -0.2) is 45.2 Å². The number of amides is 1. The van der Waals surface area contributed by atoms with E-state index in [0.717, 1.165) is 88.5 Å². The predicted octanol–water partition coefficient (Wildman–Crippen LogP) is 3.16. The maximum absolute atomic E-state index is 13.6. The standard InChI is InChI=1S/C22H28FN5O.ClH/c23-18-5-3-17(4-6-18)22(9-1-2-10-22)21(29)27-12-7-16(8-13-27)20-26-25-19-15-24-11-14-28(19)20;/h3-6,16,24H,1-2,7-15H2;1H. The Kier molecular flexibility index (Phi) is 6.11. The normalized spacial score (nSPS) is 21.2. The first kappa shape index (κ1) is 21.2. The van der Waals surface area contributed by atoms with E-state index >= 15 is 0 Å². The van der Waals surface area contributed by atoms with Crippen molar-refractivity contribution in [2.75, 3.05) is 19.6 Å². The maximum Gasteiger partial charge on any atom is 0.233 e. The molecule has 0 bridgehead atoms. The molecule has 1 amide bonds. The van der Waals surface area contributed by atoms with Gasteiger partial charge in [0.05, 0.1) is 12.0 Å². The third kappa shape index (κ3) is 3.62. The van der Waals surface area contributed by atoms with Gasteiger partial charge in [-0.2, -0.15) is 0 Å². The summed E-state index contributed by atoms with van der Waals surface area (Å²) in [5.41, 5.74) is 0.503. The molecule has 8 heteroatoms. The molecule has 1 saturated carbocycles. The molecular weight excluding hydrogens is 405 g/mol. The molecule has 1 aromatic carbocycles. The molecule has 1 aliphatic carbocycles. The minimum atomic E-state index is -0.472. The molecule has 0 unspecified atom stereocenters. The lowest BCUT2D eigenvalue weighted by atomic mass is 9.77. The third-order valence-corrected chi connectivity index (χ3v) is 7.06. The number of likely N-dealkylation sites (tertiary alicyclic amines) is 1. The van der Waals surface area contributed by atoms with E-state index in [0.29, 0.717) is 5.92 Å². The van der Waals surface area contributed by atoms with Gasteiger partial charge in [0.15, 0.2) is 0 Å². The van der Waals surface area contributed by atoms with E-state index in [1.807, 2.05) is 17.0 Å². The van der Waals surface area contributed by atoms with Gasteiger partial charge in [0.1, 0.15) is 17.5 Å². The highest BCUT2D eigenvalue weighted by atomic mass is 35.5. The molecule has 2 fully saturated rings. The van der Waals surface area contributed by atoms with Gasteiger partial charge in [0.25, 0.3) is 0 Å². The Bertz CT molecular complexity index is 885. The highest BCUT2D eigenvalue weighted by Crippen LogP contribution is 2.43. The first-order chi connectivity index (χ1) is 14.2. The fourth-order valence-electron chi connectivity index (χ4n) is 5.43. The van der Waals surface area contributed by atoms with Crippen molar-refractivity contribution in [2.24, 2.45) is 0 Å². The van der Waals surface area contributed by atoms with Gasteiger partial charge >= 0.3 is 0 Å². The monoisotopic (exact) mass is 433 g/mol. The van der Waals surface area contributed by atoms with Gasteiger partial charge < -0.3 is 14.8 Å².